The van der Waals surface area contributed by atoms with Gasteiger partial charge in [-0.15, -0.1) is 0 Å². The number of ether oxygens (including phenoxy) is 1. The molecule has 0 unspecified atom stereocenters. The van der Waals surface area contributed by atoms with Crippen molar-refractivity contribution in [2.24, 2.45) is 0 Å². The number of aromatic nitrogens is 1. The predicted molar refractivity (Wildman–Crippen MR) is 143 cm³/mol. The largest absolute Gasteiger partial charge is 0.488 e. The summed E-state index contributed by atoms with van der Waals surface area (Å²) in [6.07, 6.45) is -8.72. The molecule has 0 radical (unpaired) electrons. The highest BCUT2D eigenvalue weighted by Gasteiger charge is 2.37. The van der Waals surface area contributed by atoms with Crippen LogP contribution < -0.4 is 4.74 Å². The Morgan fingerprint density at radius 3 is 2.05 bits per heavy atom. The molecule has 4 aromatic rings. The fraction of sp³-hybridized carbons (Fsp3) is 0.200. The number of aliphatic hydroxyl groups excluding tert-OH is 1. The summed E-state index contributed by atoms with van der Waals surface area (Å²) >= 11 is 6.42. The van der Waals surface area contributed by atoms with E-state index in [9.17, 15) is 36.2 Å². The van der Waals surface area contributed by atoms with Gasteiger partial charge in [0.15, 0.2) is 0 Å². The van der Waals surface area contributed by atoms with E-state index in [0.717, 1.165) is 10.5 Å². The maximum absolute atomic E-state index is 13.4. The van der Waals surface area contributed by atoms with Crippen LogP contribution in [0.15, 0.2) is 85.1 Å². The molecule has 3 aromatic carbocycles. The Morgan fingerprint density at radius 1 is 0.810 bits per heavy atom. The number of halogens is 7. The van der Waals surface area contributed by atoms with Crippen LogP contribution in [-0.4, -0.2) is 27.5 Å². The van der Waals surface area contributed by atoms with Crippen LogP contribution in [0.25, 0.3) is 11.1 Å². The normalized spacial score (nSPS) is 11.8. The van der Waals surface area contributed by atoms with E-state index in [-0.39, 0.29) is 29.9 Å². The van der Waals surface area contributed by atoms with Crippen LogP contribution >= 0.6 is 11.6 Å². The van der Waals surface area contributed by atoms with Crippen molar-refractivity contribution < 1.29 is 41.0 Å². The number of hydrogen-bond acceptors (Lipinski definition) is 4. The number of carbonyl (C=O) groups excluding carboxylic acids is 1. The fourth-order valence-corrected chi connectivity index (χ4v) is 4.49. The minimum atomic E-state index is -5.06. The van der Waals surface area contributed by atoms with E-state index in [0.29, 0.717) is 29.0 Å². The Bertz CT molecular complexity index is 1510. The topological polar surface area (TPSA) is 62.7 Å². The zero-order valence-electron chi connectivity index (χ0n) is 21.7. The molecule has 12 heteroatoms. The van der Waals surface area contributed by atoms with Crippen molar-refractivity contribution in [2.45, 2.75) is 32.0 Å². The van der Waals surface area contributed by atoms with Gasteiger partial charge < -0.3 is 14.7 Å². The van der Waals surface area contributed by atoms with Gasteiger partial charge in [0.25, 0.3) is 0 Å². The third-order valence-corrected chi connectivity index (χ3v) is 6.60. The number of aliphatic hydroxyl groups is 1. The molecular formula is C30H23ClF6N2O3. The summed E-state index contributed by atoms with van der Waals surface area (Å²) in [5.41, 5.74) is -1.30. The fourth-order valence-electron chi connectivity index (χ4n) is 4.27. The first-order valence-electron chi connectivity index (χ1n) is 12.4. The number of nitrogens with zero attached hydrogens (tertiary/aromatic N) is 2. The van der Waals surface area contributed by atoms with Crippen molar-refractivity contribution in [2.75, 3.05) is 6.61 Å². The molecule has 0 fully saturated rings. The van der Waals surface area contributed by atoms with Gasteiger partial charge in [0.1, 0.15) is 24.1 Å². The Hall–Kier alpha value is -4.09. The second kappa shape index (κ2) is 12.8. The lowest BCUT2D eigenvalue weighted by atomic mass is 9.99. The molecule has 1 N–H and O–H groups in total. The summed E-state index contributed by atoms with van der Waals surface area (Å²) in [6.45, 7) is -1.87. The predicted octanol–water partition coefficient (Wildman–Crippen LogP) is 7.54. The van der Waals surface area contributed by atoms with Crippen molar-refractivity contribution in [3.8, 4) is 16.9 Å². The molecule has 42 heavy (non-hydrogen) atoms. The van der Waals surface area contributed by atoms with Crippen LogP contribution in [-0.2, 0) is 36.8 Å². The van der Waals surface area contributed by atoms with E-state index in [1.54, 1.807) is 30.3 Å². The summed E-state index contributed by atoms with van der Waals surface area (Å²) in [5, 5.41) is 9.53. The van der Waals surface area contributed by atoms with Crippen molar-refractivity contribution in [3.05, 3.63) is 118 Å². The Labute approximate surface area is 242 Å². The second-order valence-electron chi connectivity index (χ2n) is 9.22. The van der Waals surface area contributed by atoms with Gasteiger partial charge in [0.05, 0.1) is 11.1 Å². The zero-order chi connectivity index (χ0) is 30.5. The average molecular weight is 609 g/mol. The summed E-state index contributed by atoms with van der Waals surface area (Å²) in [4.78, 5) is 17.7. The molecule has 0 saturated carbocycles. The molecule has 5 nitrogen and oxygen atoms in total. The molecule has 0 aliphatic carbocycles. The zero-order valence-corrected chi connectivity index (χ0v) is 22.5. The molecular weight excluding hydrogens is 586 g/mol. The highest BCUT2D eigenvalue weighted by molar-refractivity contribution is 6.30. The van der Waals surface area contributed by atoms with Gasteiger partial charge in [-0.25, -0.2) is 4.98 Å². The minimum absolute atomic E-state index is 0.00414. The molecule has 0 spiro atoms. The monoisotopic (exact) mass is 608 g/mol. The molecule has 220 valence electrons. The number of rotatable bonds is 9. The molecule has 1 heterocycles. The lowest BCUT2D eigenvalue weighted by molar-refractivity contribution is -0.143. The molecule has 0 aliphatic rings. The first kappa shape index (κ1) is 30.9. The van der Waals surface area contributed by atoms with Crippen LogP contribution in [0, 0.1) is 0 Å². The molecule has 1 amide bonds. The smallest absolute Gasteiger partial charge is 0.416 e. The van der Waals surface area contributed by atoms with Crippen LogP contribution in [0.1, 0.15) is 27.8 Å². The molecule has 1 aromatic heterocycles. The average Bonchev–Trinajstić information content (AvgIpc) is 2.96. The Balaban J connectivity index is 1.71. The molecule has 0 saturated heterocycles. The van der Waals surface area contributed by atoms with E-state index in [2.05, 4.69) is 4.98 Å². The van der Waals surface area contributed by atoms with E-state index >= 15 is 0 Å². The molecule has 4 rings (SSSR count). The van der Waals surface area contributed by atoms with Gasteiger partial charge in [0, 0.05) is 30.4 Å². The SMILES string of the molecule is O=C(CO)N(Cc1cc(C(F)(F)F)cc(C(F)(F)F)c1)Cc1c(-c2ccccc2OCc2ccccc2)ccnc1Cl. The second-order valence-corrected chi connectivity index (χ2v) is 9.58. The van der Waals surface area contributed by atoms with E-state index < -0.39 is 48.1 Å². The van der Waals surface area contributed by atoms with Crippen molar-refractivity contribution in [1.82, 2.24) is 9.88 Å². The maximum Gasteiger partial charge on any atom is 0.416 e. The Kier molecular flexibility index (Phi) is 9.43. The Morgan fingerprint density at radius 2 is 1.43 bits per heavy atom. The van der Waals surface area contributed by atoms with Crippen LogP contribution in [0.5, 0.6) is 5.75 Å². The van der Waals surface area contributed by atoms with Crippen LogP contribution in [0.2, 0.25) is 5.15 Å². The quantitative estimate of drug-likeness (QED) is 0.158. The first-order valence-corrected chi connectivity index (χ1v) is 12.8. The molecule has 0 aliphatic heterocycles. The summed E-state index contributed by atoms with van der Waals surface area (Å²) in [6, 6.07) is 19.0. The van der Waals surface area contributed by atoms with E-state index in [1.165, 1.54) is 6.20 Å². The molecule has 0 atom stereocenters. The lowest BCUT2D eigenvalue weighted by Crippen LogP contribution is -2.33. The van der Waals surface area contributed by atoms with Crippen molar-refractivity contribution in [3.63, 3.8) is 0 Å². The summed E-state index contributed by atoms with van der Waals surface area (Å²) in [7, 11) is 0. The summed E-state index contributed by atoms with van der Waals surface area (Å²) in [5.74, 6) is -0.488. The van der Waals surface area contributed by atoms with Gasteiger partial charge in [-0.2, -0.15) is 26.3 Å². The van der Waals surface area contributed by atoms with Gasteiger partial charge in [-0.3, -0.25) is 4.79 Å². The number of para-hydroxylation sites is 1. The highest BCUT2D eigenvalue weighted by atomic mass is 35.5. The first-order chi connectivity index (χ1) is 19.9. The minimum Gasteiger partial charge on any atom is -0.488 e. The highest BCUT2D eigenvalue weighted by Crippen LogP contribution is 2.38. The molecule has 0 bridgehead atoms. The maximum atomic E-state index is 13.4. The van der Waals surface area contributed by atoms with Crippen molar-refractivity contribution in [1.29, 1.82) is 0 Å². The van der Waals surface area contributed by atoms with E-state index in [4.69, 9.17) is 16.3 Å². The van der Waals surface area contributed by atoms with Gasteiger partial charge in [-0.05, 0) is 47.0 Å². The van der Waals surface area contributed by atoms with Crippen LogP contribution in [0.3, 0.4) is 0 Å². The van der Waals surface area contributed by atoms with Crippen LogP contribution in [0.4, 0.5) is 26.3 Å². The standard InChI is InChI=1S/C30H23ClF6N2O3/c31-28-25(23(10-11-38-28)24-8-4-5-9-26(24)42-18-19-6-2-1-3-7-19)16-39(27(41)17-40)15-20-12-21(29(32,33)34)14-22(13-20)30(35,36)37/h1-14,40H,15-18H2. The number of carbonyl (C=O) groups is 1. The number of amides is 1. The lowest BCUT2D eigenvalue weighted by Gasteiger charge is -2.25. The number of alkyl halides is 6. The van der Waals surface area contributed by atoms with Crippen molar-refractivity contribution >= 4 is 17.5 Å². The van der Waals surface area contributed by atoms with Gasteiger partial charge in [-0.1, -0.05) is 60.1 Å². The van der Waals surface area contributed by atoms with E-state index in [1.807, 2.05) is 30.3 Å². The summed E-state index contributed by atoms with van der Waals surface area (Å²) < 4.78 is 86.6. The number of benzene rings is 3. The van der Waals surface area contributed by atoms with Gasteiger partial charge >= 0.3 is 12.4 Å². The van der Waals surface area contributed by atoms with Gasteiger partial charge in [0.2, 0.25) is 5.91 Å². The number of hydrogen-bond donors (Lipinski definition) is 1. The third-order valence-electron chi connectivity index (χ3n) is 6.28. The number of pyridine rings is 1. The third kappa shape index (κ3) is 7.59.